The van der Waals surface area contributed by atoms with Crippen molar-refractivity contribution in [1.82, 2.24) is 19.9 Å². The average molecular weight is 275 g/mol. The normalized spacial score (nSPS) is 14.1. The molecule has 0 aliphatic rings. The van der Waals surface area contributed by atoms with Crippen LogP contribution in [0.15, 0.2) is 16.9 Å². The van der Waals surface area contributed by atoms with Gasteiger partial charge in [0.25, 0.3) is 0 Å². The highest BCUT2D eigenvalue weighted by molar-refractivity contribution is 5.18. The van der Waals surface area contributed by atoms with E-state index in [9.17, 15) is 13.2 Å². The number of nitrogens with zero attached hydrogens (tertiary/aromatic N) is 4. The summed E-state index contributed by atoms with van der Waals surface area (Å²) in [6, 6.07) is -0.788. The van der Waals surface area contributed by atoms with Gasteiger partial charge in [0.2, 0.25) is 0 Å². The number of aromatic nitrogens is 4. The fraction of sp³-hybridized carbons (Fsp3) is 0.500. The second kappa shape index (κ2) is 4.65. The van der Waals surface area contributed by atoms with Crippen LogP contribution in [0, 0.1) is 0 Å². The maximum Gasteiger partial charge on any atom is 0.471 e. The summed E-state index contributed by atoms with van der Waals surface area (Å²) in [5, 5.41) is 7.29. The van der Waals surface area contributed by atoms with Gasteiger partial charge in [-0.2, -0.15) is 23.3 Å². The van der Waals surface area contributed by atoms with Crippen LogP contribution in [0.4, 0.5) is 13.2 Å². The molecule has 0 spiro atoms. The van der Waals surface area contributed by atoms with Crippen molar-refractivity contribution in [2.45, 2.75) is 32.1 Å². The van der Waals surface area contributed by atoms with Gasteiger partial charge in [0.15, 0.2) is 5.82 Å². The van der Waals surface area contributed by atoms with Gasteiger partial charge in [-0.3, -0.25) is 4.68 Å². The van der Waals surface area contributed by atoms with Gasteiger partial charge in [-0.1, -0.05) is 5.16 Å². The van der Waals surface area contributed by atoms with Crippen LogP contribution in [0.2, 0.25) is 0 Å². The third-order valence-corrected chi connectivity index (χ3v) is 2.47. The molecule has 0 fully saturated rings. The van der Waals surface area contributed by atoms with Gasteiger partial charge in [0.05, 0.1) is 12.2 Å². The minimum atomic E-state index is -4.67. The molecule has 0 saturated heterocycles. The van der Waals surface area contributed by atoms with Crippen molar-refractivity contribution in [3.8, 4) is 0 Å². The first-order valence-electron chi connectivity index (χ1n) is 5.49. The van der Waals surface area contributed by atoms with Crippen molar-refractivity contribution < 1.29 is 17.7 Å². The van der Waals surface area contributed by atoms with Gasteiger partial charge >= 0.3 is 12.1 Å². The Balaban J connectivity index is 2.23. The topological polar surface area (TPSA) is 82.8 Å². The van der Waals surface area contributed by atoms with Crippen LogP contribution < -0.4 is 5.73 Å². The molecule has 2 rings (SSSR count). The van der Waals surface area contributed by atoms with E-state index in [-0.39, 0.29) is 11.9 Å². The highest BCUT2D eigenvalue weighted by Gasteiger charge is 2.39. The Hall–Kier alpha value is -1.90. The number of nitrogens with two attached hydrogens (primary N) is 1. The summed E-state index contributed by atoms with van der Waals surface area (Å²) in [7, 11) is 0. The number of hydrogen-bond donors (Lipinski definition) is 1. The first-order chi connectivity index (χ1) is 8.79. The molecular weight excluding hydrogens is 263 g/mol. The van der Waals surface area contributed by atoms with Gasteiger partial charge < -0.3 is 10.3 Å². The minimum Gasteiger partial charge on any atom is -0.329 e. The molecule has 0 aromatic carbocycles. The Kier molecular flexibility index (Phi) is 3.31. The average Bonchev–Trinajstić information content (AvgIpc) is 2.97. The molecule has 9 heteroatoms. The minimum absolute atomic E-state index is 0.122. The number of halogens is 3. The summed E-state index contributed by atoms with van der Waals surface area (Å²) >= 11 is 0. The lowest BCUT2D eigenvalue weighted by molar-refractivity contribution is -0.159. The first kappa shape index (κ1) is 13.5. The fourth-order valence-corrected chi connectivity index (χ4v) is 1.42. The molecule has 6 nitrogen and oxygen atoms in total. The molecule has 2 aromatic rings. The van der Waals surface area contributed by atoms with Crippen molar-refractivity contribution in [3.63, 3.8) is 0 Å². The lowest BCUT2D eigenvalue weighted by Crippen LogP contribution is -2.14. The molecule has 2 N–H and O–H groups in total. The second-order valence-corrected chi connectivity index (χ2v) is 4.28. The van der Waals surface area contributed by atoms with Crippen LogP contribution in [0.5, 0.6) is 0 Å². The SMILES string of the molecule is CC(C)n1cc(C(N)c2noc(C(F)(F)F)n2)cn1. The zero-order valence-electron chi connectivity index (χ0n) is 10.2. The van der Waals surface area contributed by atoms with E-state index in [0.717, 1.165) is 0 Å². The van der Waals surface area contributed by atoms with Crippen LogP contribution in [0.3, 0.4) is 0 Å². The van der Waals surface area contributed by atoms with Crippen LogP contribution in [-0.2, 0) is 6.18 Å². The van der Waals surface area contributed by atoms with Crippen molar-refractivity contribution in [2.75, 3.05) is 0 Å². The Morgan fingerprint density at radius 3 is 2.53 bits per heavy atom. The third-order valence-electron chi connectivity index (χ3n) is 2.47. The molecule has 0 radical (unpaired) electrons. The zero-order chi connectivity index (χ0) is 14.2. The number of hydrogen-bond acceptors (Lipinski definition) is 5. The number of alkyl halides is 3. The van der Waals surface area contributed by atoms with E-state index in [1.54, 1.807) is 10.9 Å². The summed E-state index contributed by atoms with van der Waals surface area (Å²) in [6.45, 7) is 3.83. The first-order valence-corrected chi connectivity index (χ1v) is 5.49. The van der Waals surface area contributed by atoms with E-state index < -0.39 is 18.1 Å². The molecular formula is C10H12F3N5O. The van der Waals surface area contributed by atoms with Gasteiger partial charge in [0, 0.05) is 17.8 Å². The van der Waals surface area contributed by atoms with Gasteiger partial charge in [-0.15, -0.1) is 0 Å². The molecule has 0 saturated carbocycles. The van der Waals surface area contributed by atoms with E-state index in [1.807, 2.05) is 13.8 Å². The highest BCUT2D eigenvalue weighted by atomic mass is 19.4. The lowest BCUT2D eigenvalue weighted by atomic mass is 10.1. The van der Waals surface area contributed by atoms with Crippen LogP contribution in [-0.4, -0.2) is 19.9 Å². The zero-order valence-corrected chi connectivity index (χ0v) is 10.2. The molecule has 2 heterocycles. The summed E-state index contributed by atoms with van der Waals surface area (Å²) in [5.41, 5.74) is 6.30. The predicted octanol–water partition coefficient (Wildman–Crippen LogP) is 1.91. The van der Waals surface area contributed by atoms with Crippen LogP contribution in [0.25, 0.3) is 0 Å². The maximum atomic E-state index is 12.3. The van der Waals surface area contributed by atoms with Gasteiger partial charge in [-0.05, 0) is 13.8 Å². The molecule has 1 unspecified atom stereocenters. The van der Waals surface area contributed by atoms with E-state index in [4.69, 9.17) is 5.73 Å². The Morgan fingerprint density at radius 1 is 1.37 bits per heavy atom. The van der Waals surface area contributed by atoms with E-state index in [2.05, 4.69) is 19.8 Å². The van der Waals surface area contributed by atoms with Crippen LogP contribution >= 0.6 is 0 Å². The van der Waals surface area contributed by atoms with E-state index in [0.29, 0.717) is 5.56 Å². The predicted molar refractivity (Wildman–Crippen MR) is 57.9 cm³/mol. The fourth-order valence-electron chi connectivity index (χ4n) is 1.42. The molecule has 2 aromatic heterocycles. The largest absolute Gasteiger partial charge is 0.471 e. The Bertz CT molecular complexity index is 560. The van der Waals surface area contributed by atoms with Crippen molar-refractivity contribution in [2.24, 2.45) is 5.73 Å². The lowest BCUT2D eigenvalue weighted by Gasteiger charge is -2.05. The summed E-state index contributed by atoms with van der Waals surface area (Å²) in [5.74, 6) is -1.63. The van der Waals surface area contributed by atoms with Gasteiger partial charge in [-0.25, -0.2) is 0 Å². The number of rotatable bonds is 3. The van der Waals surface area contributed by atoms with E-state index in [1.165, 1.54) is 6.20 Å². The molecule has 0 amide bonds. The second-order valence-electron chi connectivity index (χ2n) is 4.28. The highest BCUT2D eigenvalue weighted by Crippen LogP contribution is 2.28. The van der Waals surface area contributed by atoms with Crippen molar-refractivity contribution >= 4 is 0 Å². The molecule has 1 atom stereocenters. The van der Waals surface area contributed by atoms with Crippen LogP contribution in [0.1, 0.15) is 43.2 Å². The van der Waals surface area contributed by atoms with E-state index >= 15 is 0 Å². The van der Waals surface area contributed by atoms with Crippen molar-refractivity contribution in [3.05, 3.63) is 29.7 Å². The smallest absolute Gasteiger partial charge is 0.329 e. The maximum absolute atomic E-state index is 12.3. The van der Waals surface area contributed by atoms with Crippen molar-refractivity contribution in [1.29, 1.82) is 0 Å². The van der Waals surface area contributed by atoms with Gasteiger partial charge in [0.1, 0.15) is 0 Å². The summed E-state index contributed by atoms with van der Waals surface area (Å²) < 4.78 is 42.7. The molecule has 19 heavy (non-hydrogen) atoms. The summed E-state index contributed by atoms with van der Waals surface area (Å²) in [6.07, 6.45) is -1.57. The summed E-state index contributed by atoms with van der Waals surface area (Å²) in [4.78, 5) is 3.25. The monoisotopic (exact) mass is 275 g/mol. The quantitative estimate of drug-likeness (QED) is 0.925. The molecule has 0 aliphatic carbocycles. The Morgan fingerprint density at radius 2 is 2.05 bits per heavy atom. The third kappa shape index (κ3) is 2.75. The standard InChI is InChI=1S/C10H12F3N5O/c1-5(2)18-4-6(3-15-18)7(14)8-16-9(19-17-8)10(11,12)13/h3-5,7H,14H2,1-2H3. The Labute approximate surface area is 106 Å². The molecule has 0 aliphatic heterocycles. The molecule has 104 valence electrons. The molecule has 0 bridgehead atoms.